The Labute approximate surface area is 129 Å². The Morgan fingerprint density at radius 3 is 2.90 bits per heavy atom. The highest BCUT2D eigenvalue weighted by atomic mass is 79.9. The summed E-state index contributed by atoms with van der Waals surface area (Å²) in [4.78, 5) is 0. The minimum atomic E-state index is -0.206. The number of ether oxygens (including phenoxy) is 1. The van der Waals surface area contributed by atoms with Gasteiger partial charge >= 0.3 is 0 Å². The summed E-state index contributed by atoms with van der Waals surface area (Å²) in [6.07, 6.45) is 4.13. The number of hydrogen-bond donors (Lipinski definition) is 1. The Morgan fingerprint density at radius 2 is 2.30 bits per heavy atom. The smallest absolute Gasteiger partial charge is 0.124 e. The molecule has 2 nitrogen and oxygen atoms in total. The Hall–Kier alpha value is -0.450. The summed E-state index contributed by atoms with van der Waals surface area (Å²) in [5.74, 6) is -0.206. The molecule has 2 unspecified atom stereocenters. The third kappa shape index (κ3) is 3.80. The number of benzene rings is 1. The number of nitrogens with one attached hydrogen (secondary N) is 1. The van der Waals surface area contributed by atoms with Crippen LogP contribution in [0, 0.1) is 5.82 Å². The fourth-order valence-corrected chi connectivity index (χ4v) is 3.32. The van der Waals surface area contributed by atoms with Gasteiger partial charge in [0.25, 0.3) is 0 Å². The third-order valence-corrected chi connectivity index (χ3v) is 4.80. The standard InChI is InChI=1S/C16H23BrFNO/c1-3-8-19-15(16(2)7-4-9-20-16)10-12-5-6-13(18)11-14(12)17/h5-6,11,15,19H,3-4,7-10H2,1-2H3. The van der Waals surface area contributed by atoms with E-state index in [1.165, 1.54) is 12.1 Å². The van der Waals surface area contributed by atoms with Crippen molar-refractivity contribution in [3.8, 4) is 0 Å². The zero-order chi connectivity index (χ0) is 14.6. The van der Waals surface area contributed by atoms with Crippen LogP contribution in [0.5, 0.6) is 0 Å². The van der Waals surface area contributed by atoms with Crippen LogP contribution in [0.25, 0.3) is 0 Å². The molecule has 0 radical (unpaired) electrons. The maximum atomic E-state index is 13.2. The largest absolute Gasteiger partial charge is 0.374 e. The summed E-state index contributed by atoms with van der Waals surface area (Å²) in [6.45, 7) is 6.16. The molecule has 0 saturated carbocycles. The molecule has 2 atom stereocenters. The zero-order valence-corrected chi connectivity index (χ0v) is 13.8. The van der Waals surface area contributed by atoms with Crippen molar-refractivity contribution in [2.75, 3.05) is 13.2 Å². The Balaban J connectivity index is 2.14. The van der Waals surface area contributed by atoms with E-state index in [0.29, 0.717) is 0 Å². The van der Waals surface area contributed by atoms with Gasteiger partial charge in [-0.2, -0.15) is 0 Å². The lowest BCUT2D eigenvalue weighted by atomic mass is 9.88. The van der Waals surface area contributed by atoms with Crippen molar-refractivity contribution >= 4 is 15.9 Å². The van der Waals surface area contributed by atoms with Gasteiger partial charge in [0.1, 0.15) is 5.82 Å². The van der Waals surface area contributed by atoms with Crippen LogP contribution in [-0.4, -0.2) is 24.8 Å². The van der Waals surface area contributed by atoms with E-state index in [0.717, 1.165) is 48.9 Å². The molecule has 1 aromatic carbocycles. The van der Waals surface area contributed by atoms with Crippen LogP contribution in [-0.2, 0) is 11.2 Å². The van der Waals surface area contributed by atoms with E-state index in [1.807, 2.05) is 6.07 Å². The maximum Gasteiger partial charge on any atom is 0.124 e. The summed E-state index contributed by atoms with van der Waals surface area (Å²) in [5, 5.41) is 3.60. The van der Waals surface area contributed by atoms with Crippen LogP contribution in [0.1, 0.15) is 38.7 Å². The lowest BCUT2D eigenvalue weighted by Crippen LogP contribution is -2.50. The summed E-state index contributed by atoms with van der Waals surface area (Å²) in [7, 11) is 0. The van der Waals surface area contributed by atoms with E-state index in [2.05, 4.69) is 35.1 Å². The molecule has 112 valence electrons. The van der Waals surface area contributed by atoms with Crippen LogP contribution in [0.2, 0.25) is 0 Å². The molecule has 1 aromatic rings. The first-order valence-corrected chi connectivity index (χ1v) is 8.16. The van der Waals surface area contributed by atoms with Gasteiger partial charge in [-0.3, -0.25) is 0 Å². The molecule has 0 spiro atoms. The quantitative estimate of drug-likeness (QED) is 0.840. The molecule has 0 amide bonds. The van der Waals surface area contributed by atoms with Gasteiger partial charge in [-0.15, -0.1) is 0 Å². The second kappa shape index (κ2) is 7.01. The van der Waals surface area contributed by atoms with Crippen molar-refractivity contribution < 1.29 is 9.13 Å². The van der Waals surface area contributed by atoms with E-state index in [1.54, 1.807) is 0 Å². The number of hydrogen-bond acceptors (Lipinski definition) is 2. The first-order valence-electron chi connectivity index (χ1n) is 7.36. The lowest BCUT2D eigenvalue weighted by molar-refractivity contribution is -0.0114. The molecule has 1 aliphatic rings. The van der Waals surface area contributed by atoms with Gasteiger partial charge in [0.05, 0.1) is 5.60 Å². The van der Waals surface area contributed by atoms with E-state index < -0.39 is 0 Å². The maximum absolute atomic E-state index is 13.2. The molecule has 1 N–H and O–H groups in total. The van der Waals surface area contributed by atoms with Gasteiger partial charge in [0.15, 0.2) is 0 Å². The van der Waals surface area contributed by atoms with Crippen molar-refractivity contribution in [1.29, 1.82) is 0 Å². The molecular weight excluding hydrogens is 321 g/mol. The van der Waals surface area contributed by atoms with Crippen LogP contribution < -0.4 is 5.32 Å². The highest BCUT2D eigenvalue weighted by Gasteiger charge is 2.38. The van der Waals surface area contributed by atoms with Crippen LogP contribution in [0.4, 0.5) is 4.39 Å². The molecule has 4 heteroatoms. The van der Waals surface area contributed by atoms with Crippen molar-refractivity contribution in [1.82, 2.24) is 5.32 Å². The second-order valence-electron chi connectivity index (χ2n) is 5.71. The Bertz CT molecular complexity index is 446. The van der Waals surface area contributed by atoms with Crippen molar-refractivity contribution in [2.24, 2.45) is 0 Å². The molecule has 0 aromatic heterocycles. The molecule has 1 heterocycles. The van der Waals surface area contributed by atoms with Gasteiger partial charge in [0, 0.05) is 17.1 Å². The predicted octanol–water partition coefficient (Wildman–Crippen LogP) is 4.07. The Kier molecular flexibility index (Phi) is 5.58. The third-order valence-electron chi connectivity index (χ3n) is 4.07. The lowest BCUT2D eigenvalue weighted by Gasteiger charge is -2.34. The minimum absolute atomic E-state index is 0.122. The van der Waals surface area contributed by atoms with Gasteiger partial charge < -0.3 is 10.1 Å². The van der Waals surface area contributed by atoms with E-state index >= 15 is 0 Å². The average molecular weight is 344 g/mol. The van der Waals surface area contributed by atoms with Crippen LogP contribution in [0.3, 0.4) is 0 Å². The molecule has 0 bridgehead atoms. The second-order valence-corrected chi connectivity index (χ2v) is 6.57. The Morgan fingerprint density at radius 1 is 1.50 bits per heavy atom. The van der Waals surface area contributed by atoms with Gasteiger partial charge in [-0.1, -0.05) is 28.9 Å². The van der Waals surface area contributed by atoms with Crippen molar-refractivity contribution in [3.05, 3.63) is 34.1 Å². The molecule has 1 saturated heterocycles. The monoisotopic (exact) mass is 343 g/mol. The van der Waals surface area contributed by atoms with Crippen LogP contribution >= 0.6 is 15.9 Å². The molecule has 20 heavy (non-hydrogen) atoms. The first-order chi connectivity index (χ1) is 9.55. The van der Waals surface area contributed by atoms with E-state index in [9.17, 15) is 4.39 Å². The molecule has 0 aliphatic carbocycles. The first kappa shape index (κ1) is 15.9. The van der Waals surface area contributed by atoms with Gasteiger partial charge in [-0.25, -0.2) is 4.39 Å². The number of rotatable bonds is 6. The molecular formula is C16H23BrFNO. The van der Waals surface area contributed by atoms with Gasteiger partial charge in [0.2, 0.25) is 0 Å². The van der Waals surface area contributed by atoms with Crippen molar-refractivity contribution in [3.63, 3.8) is 0 Å². The summed E-state index contributed by atoms with van der Waals surface area (Å²) in [6, 6.07) is 5.17. The highest BCUT2D eigenvalue weighted by Crippen LogP contribution is 2.31. The fourth-order valence-electron chi connectivity index (χ4n) is 2.81. The molecule has 1 aliphatic heterocycles. The van der Waals surface area contributed by atoms with Crippen LogP contribution in [0.15, 0.2) is 22.7 Å². The highest BCUT2D eigenvalue weighted by molar-refractivity contribution is 9.10. The predicted molar refractivity (Wildman–Crippen MR) is 83.5 cm³/mol. The normalized spacial score (nSPS) is 24.0. The fraction of sp³-hybridized carbons (Fsp3) is 0.625. The number of halogens is 2. The van der Waals surface area contributed by atoms with Gasteiger partial charge in [-0.05, 0) is 56.8 Å². The minimum Gasteiger partial charge on any atom is -0.374 e. The molecule has 2 rings (SSSR count). The van der Waals surface area contributed by atoms with E-state index in [-0.39, 0.29) is 17.5 Å². The van der Waals surface area contributed by atoms with E-state index in [4.69, 9.17) is 4.74 Å². The summed E-state index contributed by atoms with van der Waals surface area (Å²) >= 11 is 3.46. The zero-order valence-electron chi connectivity index (χ0n) is 12.2. The molecule has 1 fully saturated rings. The average Bonchev–Trinajstić information content (AvgIpc) is 2.84. The summed E-state index contributed by atoms with van der Waals surface area (Å²) in [5.41, 5.74) is 1.000. The topological polar surface area (TPSA) is 21.3 Å². The summed E-state index contributed by atoms with van der Waals surface area (Å²) < 4.78 is 20.0. The van der Waals surface area contributed by atoms with Crippen molar-refractivity contribution in [2.45, 2.75) is 51.2 Å². The SMILES string of the molecule is CCCNC(Cc1ccc(F)cc1Br)C1(C)CCCO1.